The van der Waals surface area contributed by atoms with Crippen molar-refractivity contribution < 1.29 is 63.3 Å². The van der Waals surface area contributed by atoms with Gasteiger partial charge in [0.25, 0.3) is 0 Å². The van der Waals surface area contributed by atoms with Gasteiger partial charge in [-0.15, -0.1) is 0 Å². The van der Waals surface area contributed by atoms with Gasteiger partial charge < -0.3 is 24.8 Å². The summed E-state index contributed by atoms with van der Waals surface area (Å²) in [6, 6.07) is 0. The third-order valence-corrected chi connectivity index (χ3v) is 2.95. The van der Waals surface area contributed by atoms with Gasteiger partial charge in [0.15, 0.2) is 0 Å². The molecule has 0 aromatic rings. The highest BCUT2D eigenvalue weighted by Gasteiger charge is 2.10. The van der Waals surface area contributed by atoms with Crippen LogP contribution in [0.4, 0.5) is 9.59 Å². The number of isocyanates is 1. The number of nitrogens with one attached hydrogen (secondary N) is 2. The molecule has 0 aliphatic rings. The maximum absolute atomic E-state index is 11.1. The molecule has 224 valence electrons. The summed E-state index contributed by atoms with van der Waals surface area (Å²) in [6.07, 6.45) is -0.769. The van der Waals surface area contributed by atoms with Crippen LogP contribution in [0.5, 0.6) is 0 Å². The maximum atomic E-state index is 11.1. The smallest absolute Gasteiger partial charge is 0.450 e. The predicted octanol–water partition coefficient (Wildman–Crippen LogP) is 2.32. The van der Waals surface area contributed by atoms with Crippen LogP contribution in [0.2, 0.25) is 0 Å². The highest BCUT2D eigenvalue weighted by atomic mass is 17.2. The Morgan fingerprint density at radius 2 is 1.00 bits per heavy atom. The lowest BCUT2D eigenvalue weighted by Gasteiger charge is -2.07. The molecule has 0 atom stereocenters. The fourth-order valence-corrected chi connectivity index (χ4v) is 1.33. The van der Waals surface area contributed by atoms with E-state index in [0.717, 1.165) is 0 Å². The van der Waals surface area contributed by atoms with Gasteiger partial charge >= 0.3 is 30.1 Å². The summed E-state index contributed by atoms with van der Waals surface area (Å²) in [5.41, 5.74) is 0.790. The largest absolute Gasteiger partial charge is 0.460 e. The Morgan fingerprint density at radius 1 is 0.692 bits per heavy atom. The molecule has 0 aliphatic carbocycles. The molecule has 0 rings (SSSR count). The van der Waals surface area contributed by atoms with Gasteiger partial charge in [0.1, 0.15) is 19.8 Å². The van der Waals surface area contributed by atoms with E-state index in [-0.39, 0.29) is 65.5 Å². The minimum Gasteiger partial charge on any atom is -0.460 e. The third kappa shape index (κ3) is 31.4. The fraction of sp³-hybridized carbons (Fsp3) is 0.478. The highest BCUT2D eigenvalue weighted by Crippen LogP contribution is 1.92. The van der Waals surface area contributed by atoms with E-state index < -0.39 is 30.1 Å². The van der Waals surface area contributed by atoms with E-state index in [1.165, 1.54) is 19.9 Å². The molecule has 39 heavy (non-hydrogen) atoms. The average molecular weight is 566 g/mol. The van der Waals surface area contributed by atoms with Crippen LogP contribution in [0.1, 0.15) is 35.6 Å². The lowest BCUT2D eigenvalue weighted by atomic mass is 10.4. The molecule has 16 heteroatoms. The second-order valence-electron chi connectivity index (χ2n) is 6.32. The normalized spacial score (nSPS) is 8.13. The SMILES string of the molecule is C.C.C=C(C)C(=O)OCCN=C=O.C=C(C)C(=O)OCCNC(=O)OOC(=O)NCCOC(=O)C(=C)C.OO. The van der Waals surface area contributed by atoms with Gasteiger partial charge in [-0.25, -0.2) is 43.5 Å². The Balaban J connectivity index is -0.000000217. The minimum atomic E-state index is -1.05. The van der Waals surface area contributed by atoms with Crippen LogP contribution in [0.15, 0.2) is 41.4 Å². The van der Waals surface area contributed by atoms with Crippen LogP contribution < -0.4 is 10.6 Å². The third-order valence-electron chi connectivity index (χ3n) is 2.95. The second kappa shape index (κ2) is 29.7. The quantitative estimate of drug-likeness (QED) is 0.0390. The Morgan fingerprint density at radius 3 is 1.28 bits per heavy atom. The van der Waals surface area contributed by atoms with Gasteiger partial charge in [-0.3, -0.25) is 10.5 Å². The molecule has 0 heterocycles. The van der Waals surface area contributed by atoms with Gasteiger partial charge in [0.2, 0.25) is 6.08 Å². The van der Waals surface area contributed by atoms with Crippen molar-refractivity contribution in [2.45, 2.75) is 35.6 Å². The average Bonchev–Trinajstić information content (AvgIpc) is 2.86. The predicted molar refractivity (Wildman–Crippen MR) is 138 cm³/mol. The Hall–Kier alpha value is -4.53. The summed E-state index contributed by atoms with van der Waals surface area (Å²) >= 11 is 0. The van der Waals surface area contributed by atoms with Gasteiger partial charge in [0.05, 0.1) is 19.6 Å². The number of hydrogen-bond acceptors (Lipinski definition) is 14. The molecule has 0 spiro atoms. The first-order valence-electron chi connectivity index (χ1n) is 10.0. The van der Waals surface area contributed by atoms with E-state index in [2.05, 4.69) is 49.9 Å². The molecule has 0 saturated carbocycles. The molecule has 0 bridgehead atoms. The monoisotopic (exact) mass is 565 g/mol. The first-order chi connectivity index (χ1) is 17.4. The topological polar surface area (TPSA) is 225 Å². The molecular formula is C23H39N3O13. The van der Waals surface area contributed by atoms with Crippen LogP contribution in [0.25, 0.3) is 0 Å². The molecule has 0 aromatic carbocycles. The lowest BCUT2D eigenvalue weighted by Crippen LogP contribution is -2.33. The van der Waals surface area contributed by atoms with Crippen molar-refractivity contribution >= 4 is 36.2 Å². The summed E-state index contributed by atoms with van der Waals surface area (Å²) in [7, 11) is 0. The molecule has 0 unspecified atom stereocenters. The summed E-state index contributed by atoms with van der Waals surface area (Å²) in [4.78, 5) is 76.0. The molecule has 4 N–H and O–H groups in total. The fourth-order valence-electron chi connectivity index (χ4n) is 1.33. The van der Waals surface area contributed by atoms with Crippen LogP contribution in [0.3, 0.4) is 0 Å². The minimum absolute atomic E-state index is 0. The van der Waals surface area contributed by atoms with Crippen LogP contribution in [0, 0.1) is 0 Å². The summed E-state index contributed by atoms with van der Waals surface area (Å²) in [5.74, 6) is -1.65. The molecule has 0 saturated heterocycles. The molecule has 0 aliphatic heterocycles. The van der Waals surface area contributed by atoms with E-state index in [0.29, 0.717) is 5.57 Å². The van der Waals surface area contributed by atoms with Gasteiger partial charge in [-0.05, 0) is 20.8 Å². The lowest BCUT2D eigenvalue weighted by molar-refractivity contribution is -0.179. The number of aliphatic imine (C=N–C) groups is 1. The Kier molecular flexibility index (Phi) is 33.9. The maximum Gasteiger partial charge on any atom is 0.450 e. The summed E-state index contributed by atoms with van der Waals surface area (Å²) in [6.45, 7) is 14.6. The molecular weight excluding hydrogens is 526 g/mol. The van der Waals surface area contributed by atoms with Gasteiger partial charge in [-0.2, -0.15) is 0 Å². The number of nitrogens with zero attached hydrogens (tertiary/aromatic N) is 1. The van der Waals surface area contributed by atoms with Crippen molar-refractivity contribution in [1.82, 2.24) is 10.6 Å². The molecule has 0 radical (unpaired) electrons. The number of carbonyl (C=O) groups is 5. The van der Waals surface area contributed by atoms with Crippen LogP contribution in [-0.2, 0) is 43.2 Å². The second-order valence-corrected chi connectivity index (χ2v) is 6.32. The number of esters is 3. The number of rotatable bonds is 12. The molecule has 16 nitrogen and oxygen atoms in total. The summed E-state index contributed by atoms with van der Waals surface area (Å²) in [5, 5.41) is 16.3. The summed E-state index contributed by atoms with van der Waals surface area (Å²) < 4.78 is 14.0. The number of amides is 2. The van der Waals surface area contributed by atoms with E-state index in [1.54, 1.807) is 6.92 Å². The number of carbonyl (C=O) groups excluding carboxylic acids is 6. The van der Waals surface area contributed by atoms with E-state index in [9.17, 15) is 28.8 Å². The highest BCUT2D eigenvalue weighted by molar-refractivity contribution is 5.87. The van der Waals surface area contributed by atoms with E-state index in [1.807, 2.05) is 0 Å². The Bertz CT molecular complexity index is 804. The number of hydrogen-bond donors (Lipinski definition) is 4. The van der Waals surface area contributed by atoms with Gasteiger partial charge in [0, 0.05) is 16.7 Å². The van der Waals surface area contributed by atoms with Crippen molar-refractivity contribution in [1.29, 1.82) is 0 Å². The molecule has 0 aromatic heterocycles. The zero-order chi connectivity index (χ0) is 29.2. The Labute approximate surface area is 227 Å². The standard InChI is InChI=1S/C14H20N2O8.C7H9NO3.2CH4.H2O2/c1-9(2)11(17)21-7-5-15-13(19)23-24-14(20)16-6-8-22-12(18)10(3)4;1-6(2)7(10)11-4-3-8-5-9;;;1-2/h1,3,5-8H2,2,4H3,(H,15,19)(H,16,20);1,3-4H2,2H3;2*1H4;1-2H. The van der Waals surface area contributed by atoms with Crippen molar-refractivity contribution in [3.8, 4) is 0 Å². The van der Waals surface area contributed by atoms with Crippen molar-refractivity contribution in [2.24, 2.45) is 4.99 Å². The van der Waals surface area contributed by atoms with Crippen LogP contribution >= 0.6 is 0 Å². The van der Waals surface area contributed by atoms with Crippen molar-refractivity contribution in [2.75, 3.05) is 39.5 Å². The first-order valence-corrected chi connectivity index (χ1v) is 10.0. The van der Waals surface area contributed by atoms with Crippen molar-refractivity contribution in [3.05, 3.63) is 36.5 Å². The van der Waals surface area contributed by atoms with E-state index >= 15 is 0 Å². The van der Waals surface area contributed by atoms with E-state index in [4.69, 9.17) is 20.0 Å². The first kappa shape index (κ1) is 44.5. The zero-order valence-corrected chi connectivity index (χ0v) is 20.7. The number of ether oxygens (including phenoxy) is 3. The molecule has 2 amide bonds. The molecule has 0 fully saturated rings. The van der Waals surface area contributed by atoms with Gasteiger partial charge in [-0.1, -0.05) is 34.6 Å². The van der Waals surface area contributed by atoms with Crippen LogP contribution in [-0.4, -0.2) is 86.1 Å². The zero-order valence-electron chi connectivity index (χ0n) is 20.7. The van der Waals surface area contributed by atoms with Crippen molar-refractivity contribution in [3.63, 3.8) is 0 Å².